The van der Waals surface area contributed by atoms with Crippen LogP contribution in [-0.4, -0.2) is 4.98 Å². The number of fused-ring (bicyclic) bond motifs is 2. The Kier molecular flexibility index (Phi) is 5.65. The van der Waals surface area contributed by atoms with Crippen LogP contribution in [-0.2, 0) is 7.05 Å². The first kappa shape index (κ1) is 24.5. The van der Waals surface area contributed by atoms with Crippen LogP contribution in [0.4, 0.5) is 45.5 Å². The number of hydrogen-bond acceptors (Lipinski definition) is 5. The molecule has 1 unspecified atom stereocenters. The summed E-state index contributed by atoms with van der Waals surface area (Å²) in [6.45, 7) is 0. The molecule has 0 amide bonds. The van der Waals surface area contributed by atoms with Crippen molar-refractivity contribution in [2.24, 2.45) is 7.05 Å². The molecule has 6 nitrogen and oxygen atoms in total. The molecule has 0 N–H and O–H groups in total. The number of rotatable bonds is 4. The summed E-state index contributed by atoms with van der Waals surface area (Å²) in [5.41, 5.74) is 8.87. The zero-order valence-corrected chi connectivity index (χ0v) is 23.9. The van der Waals surface area contributed by atoms with Gasteiger partial charge in [0.25, 0.3) is 0 Å². The highest BCUT2D eigenvalue weighted by Gasteiger charge is 2.61. The van der Waals surface area contributed by atoms with Gasteiger partial charge in [0, 0.05) is 12.3 Å². The lowest BCUT2D eigenvalue weighted by Gasteiger charge is -2.56. The SMILES string of the molecule is C[n+]1ccc2c(c1)N(c1ccccc1)S1(N(c3ccccc3)c3ccncc3N1c1ccccc1)N2c1ccccc1. The summed E-state index contributed by atoms with van der Waals surface area (Å²) in [7, 11) is -0.265. The molecule has 4 heterocycles. The van der Waals surface area contributed by atoms with Crippen molar-refractivity contribution in [2.75, 3.05) is 17.2 Å². The Morgan fingerprint density at radius 3 is 1.36 bits per heavy atom. The number of para-hydroxylation sites is 4. The predicted molar refractivity (Wildman–Crippen MR) is 174 cm³/mol. The topological polar surface area (TPSA) is 29.7 Å². The van der Waals surface area contributed by atoms with Gasteiger partial charge in [-0.1, -0.05) is 72.8 Å². The van der Waals surface area contributed by atoms with Gasteiger partial charge in [-0.05, 0) is 54.6 Å². The summed E-state index contributed by atoms with van der Waals surface area (Å²) in [5, 5.41) is 0. The van der Waals surface area contributed by atoms with Crippen molar-refractivity contribution >= 4 is 56.3 Å². The van der Waals surface area contributed by atoms with Crippen molar-refractivity contribution in [3.8, 4) is 0 Å². The summed E-state index contributed by atoms with van der Waals surface area (Å²) in [4.78, 5) is 4.68. The number of hydrogen-bond donors (Lipinski definition) is 0. The average Bonchev–Trinajstić information content (AvgIpc) is 3.51. The lowest BCUT2D eigenvalue weighted by Crippen LogP contribution is -2.45. The Bertz CT molecular complexity index is 1800. The fraction of sp³-hybridized carbons (Fsp3) is 0.0286. The molecular formula is C35H29N6S+. The van der Waals surface area contributed by atoms with Crippen LogP contribution < -0.4 is 21.8 Å². The van der Waals surface area contributed by atoms with Crippen LogP contribution in [0.1, 0.15) is 0 Å². The highest BCUT2D eigenvalue weighted by Crippen LogP contribution is 2.81. The standard InChI is InChI=1S/C35H29N6S/c1-37-25-23-33-35(27-37)41(31-20-12-5-13-21-31)42(39(33)29-16-8-3-9-17-29)38(28-14-6-2-7-15-28)32-22-24-36-26-34(32)40(42)30-18-10-4-11-19-30/h2-27H,1H3/q+1. The van der Waals surface area contributed by atoms with E-state index in [2.05, 4.69) is 180 Å². The summed E-state index contributed by atoms with van der Waals surface area (Å²) >= 11 is 0. The Morgan fingerprint density at radius 1 is 0.476 bits per heavy atom. The zero-order chi connectivity index (χ0) is 28.1. The van der Waals surface area contributed by atoms with E-state index in [-0.39, 0.29) is 0 Å². The van der Waals surface area contributed by atoms with Crippen LogP contribution in [0.3, 0.4) is 0 Å². The van der Waals surface area contributed by atoms with E-state index in [0.29, 0.717) is 0 Å². The monoisotopic (exact) mass is 565 g/mol. The van der Waals surface area contributed by atoms with Gasteiger partial charge >= 0.3 is 0 Å². The molecule has 0 fully saturated rings. The van der Waals surface area contributed by atoms with Crippen LogP contribution in [0.2, 0.25) is 0 Å². The Hall–Kier alpha value is -5.27. The van der Waals surface area contributed by atoms with Gasteiger partial charge < -0.3 is 0 Å². The van der Waals surface area contributed by atoms with Crippen molar-refractivity contribution in [1.29, 1.82) is 0 Å². The van der Waals surface area contributed by atoms with Crippen molar-refractivity contribution in [2.45, 2.75) is 0 Å². The van der Waals surface area contributed by atoms with Crippen molar-refractivity contribution in [3.05, 3.63) is 158 Å². The molecule has 2 aromatic heterocycles. The number of pyridine rings is 2. The van der Waals surface area contributed by atoms with Gasteiger partial charge in [0.15, 0.2) is 12.4 Å². The fourth-order valence-corrected chi connectivity index (χ4v) is 10.2. The molecule has 2 aliphatic heterocycles. The first-order valence-electron chi connectivity index (χ1n) is 14.0. The van der Waals surface area contributed by atoms with Crippen molar-refractivity contribution in [3.63, 3.8) is 0 Å². The number of nitrogens with zero attached hydrogens (tertiary/aromatic N) is 6. The minimum absolute atomic E-state index is 1.06. The second-order valence-electron chi connectivity index (χ2n) is 10.3. The largest absolute Gasteiger partial charge is 0.262 e. The lowest BCUT2D eigenvalue weighted by atomic mass is 10.2. The van der Waals surface area contributed by atoms with Gasteiger partial charge in [0.05, 0.1) is 46.0 Å². The van der Waals surface area contributed by atoms with Crippen LogP contribution in [0.5, 0.6) is 0 Å². The van der Waals surface area contributed by atoms with Gasteiger partial charge in [0.2, 0.25) is 0 Å². The zero-order valence-electron chi connectivity index (χ0n) is 23.1. The molecule has 0 saturated carbocycles. The number of aromatic nitrogens is 2. The smallest absolute Gasteiger partial charge is 0.195 e. The number of aryl methyl sites for hydroxylation is 1. The molecule has 0 bridgehead atoms. The average molecular weight is 566 g/mol. The van der Waals surface area contributed by atoms with E-state index in [1.807, 2.05) is 12.4 Å². The summed E-state index contributed by atoms with van der Waals surface area (Å²) in [5.74, 6) is 0. The minimum atomic E-state index is -2.36. The van der Waals surface area contributed by atoms with E-state index in [1.165, 1.54) is 0 Å². The molecule has 8 rings (SSSR count). The quantitative estimate of drug-likeness (QED) is 0.200. The van der Waals surface area contributed by atoms with Crippen LogP contribution in [0.15, 0.2) is 158 Å². The van der Waals surface area contributed by atoms with Gasteiger partial charge in [-0.25, -0.2) is 8.87 Å². The maximum absolute atomic E-state index is 4.68. The molecular weight excluding hydrogens is 536 g/mol. The Labute approximate surface area is 247 Å². The molecule has 4 aromatic carbocycles. The van der Waals surface area contributed by atoms with E-state index in [4.69, 9.17) is 0 Å². The second kappa shape index (κ2) is 9.68. The van der Waals surface area contributed by atoms with Gasteiger partial charge in [0.1, 0.15) is 23.5 Å². The fourth-order valence-electron chi connectivity index (χ4n) is 6.00. The number of anilines is 8. The van der Waals surface area contributed by atoms with Crippen LogP contribution in [0, 0.1) is 0 Å². The Balaban J connectivity index is 1.57. The third-order valence-electron chi connectivity index (χ3n) is 7.65. The highest BCUT2D eigenvalue weighted by molar-refractivity contribution is 8.39. The Morgan fingerprint density at radius 2 is 0.881 bits per heavy atom. The third-order valence-corrected chi connectivity index (χ3v) is 11.2. The van der Waals surface area contributed by atoms with E-state index in [9.17, 15) is 0 Å². The normalized spacial score (nSPS) is 18.6. The van der Waals surface area contributed by atoms with Crippen LogP contribution in [0.25, 0.3) is 0 Å². The molecule has 1 spiro atoms. The molecule has 0 aliphatic carbocycles. The summed E-state index contributed by atoms with van der Waals surface area (Å²) in [6, 6.07) is 47.4. The second-order valence-corrected chi connectivity index (χ2v) is 12.7. The summed E-state index contributed by atoms with van der Waals surface area (Å²) < 4.78 is 12.3. The van der Waals surface area contributed by atoms with Crippen molar-refractivity contribution in [1.82, 2.24) is 4.98 Å². The van der Waals surface area contributed by atoms with Gasteiger partial charge in [-0.2, -0.15) is 0 Å². The lowest BCUT2D eigenvalue weighted by molar-refractivity contribution is -0.670. The van der Waals surface area contributed by atoms with Crippen LogP contribution >= 0.6 is 10.8 Å². The maximum Gasteiger partial charge on any atom is 0.195 e. The first-order valence-corrected chi connectivity index (χ1v) is 15.4. The predicted octanol–water partition coefficient (Wildman–Crippen LogP) is 8.65. The minimum Gasteiger partial charge on any atom is -0.262 e. The summed E-state index contributed by atoms with van der Waals surface area (Å²) in [6.07, 6.45) is 8.29. The van der Waals surface area contributed by atoms with E-state index in [1.54, 1.807) is 0 Å². The molecule has 7 heteroatoms. The molecule has 204 valence electrons. The van der Waals surface area contributed by atoms with E-state index < -0.39 is 10.8 Å². The van der Waals surface area contributed by atoms with E-state index >= 15 is 0 Å². The van der Waals surface area contributed by atoms with Crippen molar-refractivity contribution < 1.29 is 4.57 Å². The van der Waals surface area contributed by atoms with Gasteiger partial charge in [-0.15, -0.1) is 0 Å². The molecule has 42 heavy (non-hydrogen) atoms. The molecule has 0 saturated heterocycles. The first-order chi connectivity index (χ1) is 20.8. The molecule has 1 atom stereocenters. The third kappa shape index (κ3) is 3.47. The van der Waals surface area contributed by atoms with Gasteiger partial charge in [-0.3, -0.25) is 17.9 Å². The van der Waals surface area contributed by atoms with E-state index in [0.717, 1.165) is 45.5 Å². The molecule has 2 aliphatic rings. The number of benzene rings is 4. The molecule has 0 radical (unpaired) electrons. The maximum atomic E-state index is 4.68. The molecule has 6 aromatic rings. The highest BCUT2D eigenvalue weighted by atomic mass is 32.3.